The minimum atomic E-state index is -0.265. The molecule has 0 aromatic heterocycles. The summed E-state index contributed by atoms with van der Waals surface area (Å²) in [5.74, 6) is 0.259. The van der Waals surface area contributed by atoms with Gasteiger partial charge in [0.1, 0.15) is 0 Å². The van der Waals surface area contributed by atoms with Gasteiger partial charge in [-0.2, -0.15) is 0 Å². The highest BCUT2D eigenvalue weighted by Gasteiger charge is 2.19. The van der Waals surface area contributed by atoms with E-state index in [1.165, 1.54) is 5.56 Å². The van der Waals surface area contributed by atoms with Gasteiger partial charge in [-0.25, -0.2) is 4.79 Å². The van der Waals surface area contributed by atoms with E-state index >= 15 is 0 Å². The molecule has 2 N–H and O–H groups in total. The molecule has 2 aromatic rings. The van der Waals surface area contributed by atoms with Crippen molar-refractivity contribution in [3.05, 3.63) is 65.7 Å². The van der Waals surface area contributed by atoms with E-state index < -0.39 is 0 Å². The molecule has 26 heavy (non-hydrogen) atoms. The highest BCUT2D eigenvalue weighted by Crippen LogP contribution is 2.17. The van der Waals surface area contributed by atoms with E-state index in [-0.39, 0.29) is 17.9 Å². The van der Waals surface area contributed by atoms with Gasteiger partial charge in [0.2, 0.25) is 0 Å². The van der Waals surface area contributed by atoms with E-state index in [9.17, 15) is 9.59 Å². The fourth-order valence-corrected chi connectivity index (χ4v) is 3.15. The van der Waals surface area contributed by atoms with Gasteiger partial charge in [0.15, 0.2) is 0 Å². The average Bonchev–Trinajstić information content (AvgIpc) is 3.21. The van der Waals surface area contributed by atoms with Crippen LogP contribution in [0.4, 0.5) is 10.5 Å². The maximum atomic E-state index is 12.5. The molecule has 3 amide bonds. The number of benzene rings is 2. The molecule has 1 unspecified atom stereocenters. The summed E-state index contributed by atoms with van der Waals surface area (Å²) in [6, 6.07) is 16.9. The number of hydrogen-bond acceptors (Lipinski definition) is 2. The van der Waals surface area contributed by atoms with Crippen molar-refractivity contribution in [2.45, 2.75) is 25.7 Å². The van der Waals surface area contributed by atoms with E-state index in [1.807, 2.05) is 23.1 Å². The highest BCUT2D eigenvalue weighted by molar-refractivity contribution is 5.97. The SMILES string of the molecule is CC(CNC(=O)Nc1cccc(C(=O)N2CCCC2)c1)c1ccccc1. The first-order chi connectivity index (χ1) is 12.6. The third-order valence-corrected chi connectivity index (χ3v) is 4.70. The van der Waals surface area contributed by atoms with Gasteiger partial charge in [-0.3, -0.25) is 4.79 Å². The van der Waals surface area contributed by atoms with Gasteiger partial charge in [0, 0.05) is 30.9 Å². The second-order valence-corrected chi connectivity index (χ2v) is 6.73. The molecule has 1 aliphatic heterocycles. The minimum absolute atomic E-state index is 0.0317. The Hall–Kier alpha value is -2.82. The molecule has 3 rings (SSSR count). The van der Waals surface area contributed by atoms with Gasteiger partial charge in [-0.1, -0.05) is 43.3 Å². The van der Waals surface area contributed by atoms with Gasteiger partial charge >= 0.3 is 6.03 Å². The zero-order valence-corrected chi connectivity index (χ0v) is 15.1. The average molecular weight is 351 g/mol. The van der Waals surface area contributed by atoms with Crippen molar-refractivity contribution >= 4 is 17.6 Å². The predicted molar refractivity (Wildman–Crippen MR) is 103 cm³/mol. The van der Waals surface area contributed by atoms with Gasteiger partial charge in [0.25, 0.3) is 5.91 Å². The Kier molecular flexibility index (Phi) is 5.89. The summed E-state index contributed by atoms with van der Waals surface area (Å²) in [7, 11) is 0. The Morgan fingerprint density at radius 2 is 1.77 bits per heavy atom. The predicted octanol–water partition coefficient (Wildman–Crippen LogP) is 3.85. The lowest BCUT2D eigenvalue weighted by Gasteiger charge is -2.16. The number of hydrogen-bond donors (Lipinski definition) is 2. The molecule has 0 radical (unpaired) electrons. The topological polar surface area (TPSA) is 61.4 Å². The van der Waals surface area contributed by atoms with Crippen molar-refractivity contribution in [1.29, 1.82) is 0 Å². The maximum Gasteiger partial charge on any atom is 0.319 e. The second kappa shape index (κ2) is 8.52. The first-order valence-corrected chi connectivity index (χ1v) is 9.12. The Bertz CT molecular complexity index is 755. The number of anilines is 1. The summed E-state index contributed by atoms with van der Waals surface area (Å²) in [5, 5.41) is 5.70. The molecule has 0 aliphatic carbocycles. The summed E-state index contributed by atoms with van der Waals surface area (Å²) in [4.78, 5) is 26.5. The lowest BCUT2D eigenvalue weighted by atomic mass is 10.0. The summed E-state index contributed by atoms with van der Waals surface area (Å²) >= 11 is 0. The van der Waals surface area contributed by atoms with Crippen molar-refractivity contribution in [2.75, 3.05) is 25.0 Å². The van der Waals surface area contributed by atoms with Gasteiger partial charge in [0.05, 0.1) is 0 Å². The maximum absolute atomic E-state index is 12.5. The summed E-state index contributed by atoms with van der Waals surface area (Å²) in [6.45, 7) is 4.25. The number of nitrogens with zero attached hydrogens (tertiary/aromatic N) is 1. The Labute approximate surface area is 154 Å². The third kappa shape index (κ3) is 4.63. The molecule has 5 heteroatoms. The number of carbonyl (C=O) groups excluding carboxylic acids is 2. The second-order valence-electron chi connectivity index (χ2n) is 6.73. The minimum Gasteiger partial charge on any atom is -0.339 e. The summed E-state index contributed by atoms with van der Waals surface area (Å²) in [5.41, 5.74) is 2.42. The number of rotatable bonds is 5. The number of carbonyl (C=O) groups is 2. The van der Waals surface area contributed by atoms with Crippen molar-refractivity contribution in [2.24, 2.45) is 0 Å². The first kappa shape index (κ1) is 18.0. The van der Waals surface area contributed by atoms with Crippen LogP contribution < -0.4 is 10.6 Å². The molecule has 1 aliphatic rings. The molecular weight excluding hydrogens is 326 g/mol. The molecule has 136 valence electrons. The Balaban J connectivity index is 1.54. The van der Waals surface area contributed by atoms with Gasteiger partial charge in [-0.15, -0.1) is 0 Å². The smallest absolute Gasteiger partial charge is 0.319 e. The molecule has 5 nitrogen and oxygen atoms in total. The third-order valence-electron chi connectivity index (χ3n) is 4.70. The standard InChI is InChI=1S/C21H25N3O2/c1-16(17-8-3-2-4-9-17)15-22-21(26)23-19-11-7-10-18(14-19)20(25)24-12-5-6-13-24/h2-4,7-11,14,16H,5-6,12-13,15H2,1H3,(H2,22,23,26). The van der Waals surface area contributed by atoms with Crippen molar-refractivity contribution in [3.8, 4) is 0 Å². The quantitative estimate of drug-likeness (QED) is 0.859. The van der Waals surface area contributed by atoms with E-state index in [1.54, 1.807) is 24.3 Å². The fourth-order valence-electron chi connectivity index (χ4n) is 3.15. The monoisotopic (exact) mass is 351 g/mol. The number of amides is 3. The summed E-state index contributed by atoms with van der Waals surface area (Å²) < 4.78 is 0. The zero-order chi connectivity index (χ0) is 18.4. The largest absolute Gasteiger partial charge is 0.339 e. The molecular formula is C21H25N3O2. The number of nitrogens with one attached hydrogen (secondary N) is 2. The normalized spacial score (nSPS) is 14.7. The lowest BCUT2D eigenvalue weighted by Crippen LogP contribution is -2.32. The van der Waals surface area contributed by atoms with Crippen LogP contribution in [0.3, 0.4) is 0 Å². The molecule has 1 fully saturated rings. The van der Waals surface area contributed by atoms with Crippen LogP contribution in [0.5, 0.6) is 0 Å². The van der Waals surface area contributed by atoms with E-state index in [0.29, 0.717) is 17.8 Å². The Morgan fingerprint density at radius 1 is 1.04 bits per heavy atom. The van der Waals surface area contributed by atoms with Crippen LogP contribution in [0.15, 0.2) is 54.6 Å². The molecule has 1 atom stereocenters. The molecule has 1 saturated heterocycles. The molecule has 0 spiro atoms. The van der Waals surface area contributed by atoms with Crippen LogP contribution in [-0.4, -0.2) is 36.5 Å². The zero-order valence-electron chi connectivity index (χ0n) is 15.1. The van der Waals surface area contributed by atoms with Crippen molar-refractivity contribution in [1.82, 2.24) is 10.2 Å². The number of urea groups is 1. The van der Waals surface area contributed by atoms with E-state index in [2.05, 4.69) is 29.7 Å². The van der Waals surface area contributed by atoms with Crippen LogP contribution in [0.2, 0.25) is 0 Å². The fraction of sp³-hybridized carbons (Fsp3) is 0.333. The molecule has 1 heterocycles. The number of likely N-dealkylation sites (tertiary alicyclic amines) is 1. The van der Waals surface area contributed by atoms with Crippen molar-refractivity contribution in [3.63, 3.8) is 0 Å². The van der Waals surface area contributed by atoms with Crippen LogP contribution in [0, 0.1) is 0 Å². The van der Waals surface area contributed by atoms with Gasteiger partial charge < -0.3 is 15.5 Å². The first-order valence-electron chi connectivity index (χ1n) is 9.12. The highest BCUT2D eigenvalue weighted by atomic mass is 16.2. The van der Waals surface area contributed by atoms with E-state index in [4.69, 9.17) is 0 Å². The Morgan fingerprint density at radius 3 is 2.50 bits per heavy atom. The van der Waals surface area contributed by atoms with Crippen LogP contribution in [0.1, 0.15) is 41.6 Å². The van der Waals surface area contributed by atoms with Crippen molar-refractivity contribution < 1.29 is 9.59 Å². The molecule has 2 aromatic carbocycles. The lowest BCUT2D eigenvalue weighted by molar-refractivity contribution is 0.0793. The van der Waals surface area contributed by atoms with E-state index in [0.717, 1.165) is 25.9 Å². The summed E-state index contributed by atoms with van der Waals surface area (Å²) in [6.07, 6.45) is 2.12. The van der Waals surface area contributed by atoms with Crippen LogP contribution in [0.25, 0.3) is 0 Å². The molecule has 0 saturated carbocycles. The van der Waals surface area contributed by atoms with Crippen LogP contribution in [-0.2, 0) is 0 Å². The van der Waals surface area contributed by atoms with Crippen LogP contribution >= 0.6 is 0 Å². The van der Waals surface area contributed by atoms with Gasteiger partial charge in [-0.05, 0) is 42.5 Å². The molecule has 0 bridgehead atoms.